The predicted molar refractivity (Wildman–Crippen MR) is 227 cm³/mol. The van der Waals surface area contributed by atoms with Gasteiger partial charge in [0.25, 0.3) is 0 Å². The van der Waals surface area contributed by atoms with E-state index in [2.05, 4.69) is 85.8 Å². The zero-order valence-electron chi connectivity index (χ0n) is 35.4. The Labute approximate surface area is 351 Å². The van der Waals surface area contributed by atoms with Crippen LogP contribution in [0.25, 0.3) is 0 Å². The fraction of sp³-hybridized carbons (Fsp3) is 0.683. The van der Waals surface area contributed by atoms with Gasteiger partial charge in [0.05, 0.1) is 0 Å². The molecule has 1 aromatic carbocycles. The summed E-state index contributed by atoms with van der Waals surface area (Å²) < 4.78 is 0. The molecule has 2 rings (SSSR count). The van der Waals surface area contributed by atoms with Gasteiger partial charge in [-0.2, -0.15) is 0 Å². The summed E-state index contributed by atoms with van der Waals surface area (Å²) in [6, 6.07) is 6.01. The summed E-state index contributed by atoms with van der Waals surface area (Å²) >= 11 is 1.58. The summed E-state index contributed by atoms with van der Waals surface area (Å²) in [5.41, 5.74) is 9.00. The van der Waals surface area contributed by atoms with Crippen molar-refractivity contribution in [1.29, 1.82) is 0 Å². The van der Waals surface area contributed by atoms with E-state index in [0.717, 1.165) is 47.9 Å². The van der Waals surface area contributed by atoms with E-state index in [9.17, 15) is 14.4 Å². The van der Waals surface area contributed by atoms with Crippen molar-refractivity contribution < 1.29 is 47.9 Å². The number of carboxylic acids is 2. The van der Waals surface area contributed by atoms with Crippen LogP contribution in [0.15, 0.2) is 44.9 Å². The number of unbranched alkanes of at least 4 members (excludes halogenated alkanes) is 3. The van der Waals surface area contributed by atoms with E-state index in [4.69, 9.17) is 10.2 Å². The summed E-state index contributed by atoms with van der Waals surface area (Å²) in [5.74, 6) is -0.0460. The van der Waals surface area contributed by atoms with E-state index in [1.165, 1.54) is 63.3 Å². The van der Waals surface area contributed by atoms with Gasteiger partial charge >= 0.3 is 196 Å². The van der Waals surface area contributed by atoms with Gasteiger partial charge < -0.3 is 10.2 Å². The summed E-state index contributed by atoms with van der Waals surface area (Å²) in [6.45, 7) is 22.6. The van der Waals surface area contributed by atoms with Crippen LogP contribution in [0.1, 0.15) is 144 Å². The van der Waals surface area contributed by atoms with Gasteiger partial charge in [0, 0.05) is 6.42 Å². The molecule has 0 aliphatic carbocycles. The molecular weight excluding hydrogens is 913 g/mol. The van der Waals surface area contributed by atoms with Crippen molar-refractivity contribution in [2.45, 2.75) is 144 Å². The van der Waals surface area contributed by atoms with Gasteiger partial charge in [0.15, 0.2) is 0 Å². The molecule has 55 heavy (non-hydrogen) atoms. The standard InChI is InChI=1S/C21H32AtN7O3S.C10H22.C7H14.C3H6O2/c1-3-7-28(9-10-29(8-4-2)14-20(31)32)13-19(30)23-12-17-11-16(5-6-18(17)33-22)21-26-24-15-25-27-21;1-4-6-7-8-9-10(3)5-2;1-4-6-7(3)5-2;1-2-3(4)5/h5-6,11,15H,3-4,7-10,12-14H2,1-2H3,(H,23,30)(H,24,25)(H,26,27)(H,31,32);10H,4-9H2,1-3H3;6H,4-5H2,1-3H3;2H2,1H3,(H,4,5)/b;;7-6-;. The van der Waals surface area contributed by atoms with Gasteiger partial charge in [0.1, 0.15) is 0 Å². The minimum Gasteiger partial charge on any atom is -0.480 e. The SMILES string of the molecule is CC/C=C(/C)CC.CCC(=O)O.CCCCCCC(C)CC.CCCN(CCN(CCC)CC(=O)NCc1cc(C2=NNC=NN2)ccc1S[At])CC(=O)O. The van der Waals surface area contributed by atoms with Crippen LogP contribution in [0.2, 0.25) is 0 Å². The Balaban J connectivity index is 0. The van der Waals surface area contributed by atoms with E-state index in [1.807, 2.05) is 30.0 Å². The first-order valence-electron chi connectivity index (χ1n) is 20.2. The van der Waals surface area contributed by atoms with Crippen molar-refractivity contribution in [1.82, 2.24) is 26.0 Å². The summed E-state index contributed by atoms with van der Waals surface area (Å²) in [6.07, 6.45) is 16.6. The van der Waals surface area contributed by atoms with Crippen LogP contribution in [-0.2, 0) is 20.9 Å². The first-order valence-corrected chi connectivity index (χ1v) is 24.5. The van der Waals surface area contributed by atoms with Crippen molar-refractivity contribution in [3.63, 3.8) is 0 Å². The predicted octanol–water partition coefficient (Wildman–Crippen LogP) is 8.40. The molecule has 1 amide bonds. The smallest absolute Gasteiger partial charge is 0.480 e. The summed E-state index contributed by atoms with van der Waals surface area (Å²) in [5, 5.41) is 28.0. The number of nitrogens with zero attached hydrogens (tertiary/aromatic N) is 4. The van der Waals surface area contributed by atoms with E-state index in [-0.39, 0.29) is 25.4 Å². The van der Waals surface area contributed by atoms with Crippen LogP contribution in [0.3, 0.4) is 0 Å². The fourth-order valence-corrected chi connectivity index (χ4v) is 7.13. The third kappa shape index (κ3) is 31.3. The zero-order valence-corrected chi connectivity index (χ0v) is 39.1. The number of amidine groups is 1. The molecular formula is C41H74AtN7O5S. The number of rotatable bonds is 24. The number of hydrazone groups is 2. The molecule has 0 bridgehead atoms. The Kier molecular flexibility index (Phi) is 36.8. The van der Waals surface area contributed by atoms with Crippen molar-refractivity contribution in [2.24, 2.45) is 16.1 Å². The molecule has 1 unspecified atom stereocenters. The first kappa shape index (κ1) is 54.6. The molecule has 1 heterocycles. The average molecular weight is 987 g/mol. The Hall–Kier alpha value is -2.54. The van der Waals surface area contributed by atoms with Crippen LogP contribution in [0.5, 0.6) is 0 Å². The molecule has 0 radical (unpaired) electrons. The van der Waals surface area contributed by atoms with Crippen molar-refractivity contribution in [3.05, 3.63) is 41.0 Å². The molecule has 12 nitrogen and oxygen atoms in total. The minimum absolute atomic E-state index is 0.0239. The third-order valence-electron chi connectivity index (χ3n) is 8.56. The topological polar surface area (TPSA) is 159 Å². The van der Waals surface area contributed by atoms with Crippen LogP contribution >= 0.6 is 8.52 Å². The first-order chi connectivity index (χ1) is 26.3. The molecule has 316 valence electrons. The minimum atomic E-state index is -0.826. The van der Waals surface area contributed by atoms with Gasteiger partial charge in [-0.05, 0) is 32.1 Å². The molecule has 5 N–H and O–H groups in total. The van der Waals surface area contributed by atoms with Gasteiger partial charge in [0.2, 0.25) is 0 Å². The molecule has 0 aromatic heterocycles. The number of aliphatic carboxylic acids is 2. The van der Waals surface area contributed by atoms with Crippen molar-refractivity contribution >= 4 is 38.5 Å². The normalized spacial score (nSPS) is 12.4. The quantitative estimate of drug-likeness (QED) is 0.0503. The number of carbonyl (C=O) groups excluding carboxylic acids is 1. The number of hydrogen-bond acceptors (Lipinski definition) is 10. The molecule has 0 spiro atoms. The van der Waals surface area contributed by atoms with Gasteiger partial charge in [-0.1, -0.05) is 98.6 Å². The van der Waals surface area contributed by atoms with Gasteiger partial charge in [-0.15, -0.1) is 0 Å². The molecule has 1 atom stereocenters. The number of nitrogens with one attached hydrogen (secondary N) is 3. The Morgan fingerprint density at radius 1 is 0.891 bits per heavy atom. The van der Waals surface area contributed by atoms with Gasteiger partial charge in [-0.3, -0.25) is 9.59 Å². The molecule has 1 aromatic rings. The van der Waals surface area contributed by atoms with Crippen LogP contribution in [0, 0.1) is 29.2 Å². The van der Waals surface area contributed by atoms with Crippen LogP contribution < -0.4 is 16.2 Å². The van der Waals surface area contributed by atoms with Crippen molar-refractivity contribution in [3.8, 4) is 0 Å². The summed E-state index contributed by atoms with van der Waals surface area (Å²) in [4.78, 5) is 38.3. The Morgan fingerprint density at radius 2 is 1.53 bits per heavy atom. The van der Waals surface area contributed by atoms with Crippen LogP contribution in [0.4, 0.5) is 0 Å². The molecule has 1 aliphatic heterocycles. The van der Waals surface area contributed by atoms with Crippen LogP contribution in [-0.4, -0.2) is 89.3 Å². The maximum atomic E-state index is 12.7. The van der Waals surface area contributed by atoms with E-state index < -0.39 is 11.9 Å². The molecule has 1 aliphatic rings. The van der Waals surface area contributed by atoms with Gasteiger partial charge in [-0.25, -0.2) is 0 Å². The Morgan fingerprint density at radius 3 is 1.98 bits per heavy atom. The molecule has 14 heteroatoms. The molecule has 0 fully saturated rings. The van der Waals surface area contributed by atoms with Crippen molar-refractivity contribution in [2.75, 3.05) is 39.3 Å². The second-order valence-corrected chi connectivity index (χ2v) is 15.9. The molecule has 0 saturated carbocycles. The average Bonchev–Trinajstić information content (AvgIpc) is 3.18. The number of allylic oxidation sites excluding steroid dienone is 2. The number of amides is 1. The van der Waals surface area contributed by atoms with E-state index in [1.54, 1.807) is 38.7 Å². The Bertz CT molecular complexity index is 1270. The number of carbonyl (C=O) groups is 3. The number of hydrogen-bond donors (Lipinski definition) is 5. The zero-order chi connectivity index (χ0) is 41.9. The monoisotopic (exact) mass is 987 g/mol. The van der Waals surface area contributed by atoms with E-state index in [0.29, 0.717) is 25.5 Å². The fourth-order valence-electron chi connectivity index (χ4n) is 5.03. The second kappa shape index (κ2) is 37.1. The molecule has 0 saturated heterocycles. The summed E-state index contributed by atoms with van der Waals surface area (Å²) in [7, 11) is 1.68. The number of carboxylic acid groups (broad SMARTS) is 2. The number of benzene rings is 1. The second-order valence-electron chi connectivity index (χ2n) is 13.5. The third-order valence-corrected chi connectivity index (χ3v) is 11.1. The maximum absolute atomic E-state index is 12.7. The van der Waals surface area contributed by atoms with E-state index >= 15 is 0 Å².